The maximum atomic E-state index is 9.74. The quantitative estimate of drug-likeness (QED) is 0.829. The molecule has 1 aliphatic carbocycles. The Bertz CT molecular complexity index is 420. The molecule has 3 heteroatoms. The molecule has 2 unspecified atom stereocenters. The Hall–Kier alpha value is -1.25. The highest BCUT2D eigenvalue weighted by Crippen LogP contribution is 2.24. The van der Waals surface area contributed by atoms with Gasteiger partial charge in [0, 0.05) is 10.9 Å². The highest BCUT2D eigenvalue weighted by atomic mass is 35.5. The predicted molar refractivity (Wildman–Crippen MR) is 64.5 cm³/mol. The number of benzene rings is 1. The van der Waals surface area contributed by atoms with Gasteiger partial charge in [-0.15, -0.1) is 0 Å². The van der Waals surface area contributed by atoms with Gasteiger partial charge in [0.2, 0.25) is 0 Å². The van der Waals surface area contributed by atoms with E-state index in [9.17, 15) is 10.2 Å². The van der Waals surface area contributed by atoms with Crippen molar-refractivity contribution in [2.24, 2.45) is 5.92 Å². The largest absolute Gasteiger partial charge is 0.512 e. The molecular weight excluding hydrogens is 224 g/mol. The summed E-state index contributed by atoms with van der Waals surface area (Å²) in [6.07, 6.45) is 4.94. The lowest BCUT2D eigenvalue weighted by molar-refractivity contribution is 0.138. The second kappa shape index (κ2) is 4.73. The van der Waals surface area contributed by atoms with Crippen molar-refractivity contribution in [3.05, 3.63) is 58.8 Å². The fourth-order valence-electron chi connectivity index (χ4n) is 1.80. The summed E-state index contributed by atoms with van der Waals surface area (Å²) in [4.78, 5) is 0. The van der Waals surface area contributed by atoms with Crippen LogP contribution in [-0.4, -0.2) is 16.3 Å². The number of rotatable bonds is 2. The normalized spacial score (nSPS) is 24.2. The van der Waals surface area contributed by atoms with Crippen molar-refractivity contribution >= 4 is 11.6 Å². The molecule has 1 aliphatic rings. The molecule has 1 aromatic carbocycles. The molecule has 0 saturated heterocycles. The van der Waals surface area contributed by atoms with Gasteiger partial charge in [-0.25, -0.2) is 0 Å². The first-order valence-electron chi connectivity index (χ1n) is 5.16. The molecule has 2 nitrogen and oxygen atoms in total. The monoisotopic (exact) mass is 236 g/mol. The van der Waals surface area contributed by atoms with Crippen LogP contribution in [-0.2, 0) is 6.42 Å². The van der Waals surface area contributed by atoms with Gasteiger partial charge < -0.3 is 10.2 Å². The van der Waals surface area contributed by atoms with E-state index < -0.39 is 6.10 Å². The van der Waals surface area contributed by atoms with E-state index in [4.69, 9.17) is 11.6 Å². The van der Waals surface area contributed by atoms with Gasteiger partial charge in [0.1, 0.15) is 0 Å². The first-order valence-corrected chi connectivity index (χ1v) is 5.54. The smallest absolute Gasteiger partial charge is 0.0985 e. The number of halogens is 1. The van der Waals surface area contributed by atoms with Crippen molar-refractivity contribution in [2.45, 2.75) is 12.5 Å². The van der Waals surface area contributed by atoms with Gasteiger partial charge in [-0.1, -0.05) is 35.9 Å². The number of aliphatic hydroxyl groups excluding tert-OH is 2. The maximum Gasteiger partial charge on any atom is 0.0985 e. The summed E-state index contributed by atoms with van der Waals surface area (Å²) in [5.74, 6) is -0.0314. The predicted octanol–water partition coefficient (Wildman–Crippen LogP) is 2.87. The molecule has 0 heterocycles. The molecule has 0 aromatic heterocycles. The minimum absolute atomic E-state index is 0.227. The third-order valence-corrected chi connectivity index (χ3v) is 2.99. The molecule has 0 fully saturated rings. The van der Waals surface area contributed by atoms with Crippen LogP contribution in [0.5, 0.6) is 0 Å². The summed E-state index contributed by atoms with van der Waals surface area (Å²) in [7, 11) is 0. The first kappa shape index (κ1) is 11.2. The second-order valence-corrected chi connectivity index (χ2v) is 4.34. The molecule has 84 valence electrons. The molecule has 0 aliphatic heterocycles. The summed E-state index contributed by atoms with van der Waals surface area (Å²) < 4.78 is 0. The highest BCUT2D eigenvalue weighted by Gasteiger charge is 2.23. The summed E-state index contributed by atoms with van der Waals surface area (Å²) in [5, 5.41) is 20.1. The Labute approximate surface area is 99.5 Å². The van der Waals surface area contributed by atoms with E-state index in [2.05, 4.69) is 0 Å². The van der Waals surface area contributed by atoms with Crippen LogP contribution in [0.2, 0.25) is 5.02 Å². The average molecular weight is 237 g/mol. The molecule has 0 spiro atoms. The highest BCUT2D eigenvalue weighted by molar-refractivity contribution is 6.30. The molecule has 2 atom stereocenters. The summed E-state index contributed by atoms with van der Waals surface area (Å²) in [6, 6.07) is 7.42. The van der Waals surface area contributed by atoms with E-state index >= 15 is 0 Å². The van der Waals surface area contributed by atoms with E-state index in [0.29, 0.717) is 11.4 Å². The Kier molecular flexibility index (Phi) is 3.32. The zero-order valence-corrected chi connectivity index (χ0v) is 9.43. The van der Waals surface area contributed by atoms with Crippen molar-refractivity contribution in [3.8, 4) is 0 Å². The fraction of sp³-hybridized carbons (Fsp3) is 0.231. The van der Waals surface area contributed by atoms with Gasteiger partial charge in [0.05, 0.1) is 11.9 Å². The summed E-state index contributed by atoms with van der Waals surface area (Å²) in [5.41, 5.74) is 1.05. The Morgan fingerprint density at radius 3 is 2.50 bits per heavy atom. The lowest BCUT2D eigenvalue weighted by Gasteiger charge is -2.22. The van der Waals surface area contributed by atoms with Crippen LogP contribution in [0.4, 0.5) is 0 Å². The Morgan fingerprint density at radius 1 is 1.19 bits per heavy atom. The molecule has 2 rings (SSSR count). The van der Waals surface area contributed by atoms with Crippen LogP contribution in [0, 0.1) is 5.92 Å². The van der Waals surface area contributed by atoms with Gasteiger partial charge in [-0.05, 0) is 30.2 Å². The first-order chi connectivity index (χ1) is 7.66. The van der Waals surface area contributed by atoms with E-state index in [-0.39, 0.29) is 11.7 Å². The van der Waals surface area contributed by atoms with Gasteiger partial charge in [-0.3, -0.25) is 0 Å². The van der Waals surface area contributed by atoms with Crippen molar-refractivity contribution in [2.75, 3.05) is 0 Å². The zero-order chi connectivity index (χ0) is 11.5. The molecule has 0 bridgehead atoms. The number of hydrogen-bond acceptors (Lipinski definition) is 2. The van der Waals surface area contributed by atoms with Crippen LogP contribution in [0.3, 0.4) is 0 Å². The SMILES string of the molecule is OC1=CC=CC(O)C1Cc1ccc(Cl)cc1. The maximum absolute atomic E-state index is 9.74. The van der Waals surface area contributed by atoms with Gasteiger partial charge in [0.15, 0.2) is 0 Å². The number of allylic oxidation sites excluding steroid dienone is 2. The van der Waals surface area contributed by atoms with Gasteiger partial charge in [-0.2, -0.15) is 0 Å². The molecular formula is C13H13ClO2. The van der Waals surface area contributed by atoms with E-state index in [1.54, 1.807) is 18.2 Å². The molecule has 0 saturated carbocycles. The minimum atomic E-state index is -0.624. The second-order valence-electron chi connectivity index (χ2n) is 3.90. The van der Waals surface area contributed by atoms with E-state index in [1.807, 2.05) is 24.3 Å². The summed E-state index contributed by atoms with van der Waals surface area (Å²) >= 11 is 5.79. The van der Waals surface area contributed by atoms with Crippen LogP contribution >= 0.6 is 11.6 Å². The molecule has 2 N–H and O–H groups in total. The van der Waals surface area contributed by atoms with Crippen LogP contribution < -0.4 is 0 Å². The number of hydrogen-bond donors (Lipinski definition) is 2. The molecule has 0 amide bonds. The summed E-state index contributed by atoms with van der Waals surface area (Å²) in [6.45, 7) is 0. The van der Waals surface area contributed by atoms with Crippen LogP contribution in [0.15, 0.2) is 48.3 Å². The zero-order valence-electron chi connectivity index (χ0n) is 8.68. The van der Waals surface area contributed by atoms with Gasteiger partial charge >= 0.3 is 0 Å². The van der Waals surface area contributed by atoms with Crippen molar-refractivity contribution in [1.82, 2.24) is 0 Å². The standard InChI is InChI=1S/C13H13ClO2/c14-10-6-4-9(5-7-10)8-11-12(15)2-1-3-13(11)16/h1-7,11-12,15-16H,8H2. The number of aliphatic hydroxyl groups is 2. The Balaban J connectivity index is 2.12. The molecule has 1 aromatic rings. The van der Waals surface area contributed by atoms with Gasteiger partial charge in [0.25, 0.3) is 0 Å². The van der Waals surface area contributed by atoms with Crippen molar-refractivity contribution < 1.29 is 10.2 Å². The van der Waals surface area contributed by atoms with Crippen LogP contribution in [0.25, 0.3) is 0 Å². The van der Waals surface area contributed by atoms with Crippen molar-refractivity contribution in [3.63, 3.8) is 0 Å². The van der Waals surface area contributed by atoms with Crippen molar-refractivity contribution in [1.29, 1.82) is 0 Å². The Morgan fingerprint density at radius 2 is 1.88 bits per heavy atom. The third kappa shape index (κ3) is 2.46. The van der Waals surface area contributed by atoms with E-state index in [0.717, 1.165) is 5.56 Å². The molecule has 16 heavy (non-hydrogen) atoms. The fourth-order valence-corrected chi connectivity index (χ4v) is 1.93. The lowest BCUT2D eigenvalue weighted by Crippen LogP contribution is -2.24. The van der Waals surface area contributed by atoms with E-state index in [1.165, 1.54) is 0 Å². The third-order valence-electron chi connectivity index (χ3n) is 2.74. The molecule has 0 radical (unpaired) electrons. The van der Waals surface area contributed by atoms with Crippen LogP contribution in [0.1, 0.15) is 5.56 Å². The lowest BCUT2D eigenvalue weighted by atomic mass is 9.89. The minimum Gasteiger partial charge on any atom is -0.512 e. The topological polar surface area (TPSA) is 40.5 Å². The average Bonchev–Trinajstić information content (AvgIpc) is 2.26.